The summed E-state index contributed by atoms with van der Waals surface area (Å²) in [5, 5.41) is 3.78. The van der Waals surface area contributed by atoms with Crippen molar-refractivity contribution < 1.29 is 9.59 Å². The van der Waals surface area contributed by atoms with Gasteiger partial charge in [-0.1, -0.05) is 31.4 Å². The molecule has 0 bridgehead atoms. The van der Waals surface area contributed by atoms with Crippen LogP contribution in [0.25, 0.3) is 0 Å². The second-order valence-electron chi connectivity index (χ2n) is 7.70. The van der Waals surface area contributed by atoms with Crippen molar-refractivity contribution in [2.45, 2.75) is 50.6 Å². The van der Waals surface area contributed by atoms with Crippen molar-refractivity contribution in [2.75, 3.05) is 18.1 Å². The third kappa shape index (κ3) is 6.32. The molecule has 1 aromatic heterocycles. The van der Waals surface area contributed by atoms with E-state index in [4.69, 9.17) is 0 Å². The molecule has 1 N–H and O–H groups in total. The molecule has 1 fully saturated rings. The minimum Gasteiger partial charge on any atom is -0.342 e. The van der Waals surface area contributed by atoms with Crippen LogP contribution in [0, 0.1) is 5.92 Å². The van der Waals surface area contributed by atoms with Crippen molar-refractivity contribution in [3.05, 3.63) is 53.7 Å². The van der Waals surface area contributed by atoms with E-state index in [1.807, 2.05) is 30.3 Å². The van der Waals surface area contributed by atoms with E-state index in [-0.39, 0.29) is 11.8 Å². The lowest BCUT2D eigenvalue weighted by atomic mass is 9.91. The number of rotatable bonds is 7. The van der Waals surface area contributed by atoms with E-state index in [1.54, 1.807) is 42.9 Å². The van der Waals surface area contributed by atoms with Gasteiger partial charge in [0.2, 0.25) is 5.91 Å². The van der Waals surface area contributed by atoms with Gasteiger partial charge in [-0.3, -0.25) is 9.59 Å². The molecular formula is C23H29N3O2S. The number of hydrogen-bond acceptors (Lipinski definition) is 4. The summed E-state index contributed by atoms with van der Waals surface area (Å²) in [4.78, 5) is 30.5. The van der Waals surface area contributed by atoms with Crippen LogP contribution in [-0.2, 0) is 11.3 Å². The van der Waals surface area contributed by atoms with Gasteiger partial charge in [0, 0.05) is 38.2 Å². The molecule has 29 heavy (non-hydrogen) atoms. The Morgan fingerprint density at radius 3 is 2.72 bits per heavy atom. The molecule has 0 unspecified atom stereocenters. The van der Waals surface area contributed by atoms with Crippen molar-refractivity contribution in [3.8, 4) is 0 Å². The molecule has 1 saturated carbocycles. The van der Waals surface area contributed by atoms with E-state index in [9.17, 15) is 9.59 Å². The number of anilines is 1. The SMILES string of the molecule is CC(=O)N(C)Cc1cccc(NC(=O)c2cccnc2SCC2CCCCC2)c1. The maximum atomic E-state index is 12.9. The van der Waals surface area contributed by atoms with Crippen LogP contribution in [0.3, 0.4) is 0 Å². The Morgan fingerprint density at radius 2 is 1.97 bits per heavy atom. The van der Waals surface area contributed by atoms with Crippen LogP contribution in [0.1, 0.15) is 54.9 Å². The summed E-state index contributed by atoms with van der Waals surface area (Å²) in [7, 11) is 1.76. The van der Waals surface area contributed by atoms with Crippen molar-refractivity contribution in [1.82, 2.24) is 9.88 Å². The first-order valence-corrected chi connectivity index (χ1v) is 11.2. The van der Waals surface area contributed by atoms with E-state index >= 15 is 0 Å². The summed E-state index contributed by atoms with van der Waals surface area (Å²) in [5.41, 5.74) is 2.30. The Kier molecular flexibility index (Phi) is 7.69. The van der Waals surface area contributed by atoms with Gasteiger partial charge in [0.05, 0.1) is 5.56 Å². The molecule has 154 valence electrons. The molecule has 1 aliphatic rings. The Hall–Kier alpha value is -2.34. The molecule has 3 rings (SSSR count). The van der Waals surface area contributed by atoms with Crippen LogP contribution in [0.15, 0.2) is 47.6 Å². The van der Waals surface area contributed by atoms with Crippen LogP contribution in [0.2, 0.25) is 0 Å². The third-order valence-electron chi connectivity index (χ3n) is 5.34. The minimum atomic E-state index is -0.152. The summed E-state index contributed by atoms with van der Waals surface area (Å²) in [6, 6.07) is 11.2. The molecule has 2 aromatic rings. The van der Waals surface area contributed by atoms with Crippen LogP contribution in [0.4, 0.5) is 5.69 Å². The Balaban J connectivity index is 1.65. The lowest BCUT2D eigenvalue weighted by Crippen LogP contribution is -2.23. The molecule has 1 aliphatic carbocycles. The highest BCUT2D eigenvalue weighted by atomic mass is 32.2. The maximum absolute atomic E-state index is 12.9. The number of amides is 2. The fourth-order valence-corrected chi connectivity index (χ4v) is 4.74. The average molecular weight is 412 g/mol. The monoisotopic (exact) mass is 411 g/mol. The number of hydrogen-bond donors (Lipinski definition) is 1. The van der Waals surface area contributed by atoms with Gasteiger partial charge in [-0.15, -0.1) is 11.8 Å². The zero-order valence-corrected chi connectivity index (χ0v) is 18.0. The highest BCUT2D eigenvalue weighted by Crippen LogP contribution is 2.30. The molecule has 6 heteroatoms. The van der Waals surface area contributed by atoms with Gasteiger partial charge in [0.1, 0.15) is 5.03 Å². The number of benzene rings is 1. The van der Waals surface area contributed by atoms with Crippen molar-refractivity contribution >= 4 is 29.3 Å². The fourth-order valence-electron chi connectivity index (χ4n) is 3.56. The predicted molar refractivity (Wildman–Crippen MR) is 118 cm³/mol. The molecule has 0 aliphatic heterocycles. The quantitative estimate of drug-likeness (QED) is 0.653. The van der Waals surface area contributed by atoms with Crippen LogP contribution in [-0.4, -0.2) is 34.5 Å². The number of carbonyl (C=O) groups excluding carboxylic acids is 2. The lowest BCUT2D eigenvalue weighted by Gasteiger charge is -2.21. The van der Waals surface area contributed by atoms with Crippen molar-refractivity contribution in [1.29, 1.82) is 0 Å². The lowest BCUT2D eigenvalue weighted by molar-refractivity contribution is -0.128. The summed E-state index contributed by atoms with van der Waals surface area (Å²) >= 11 is 1.69. The average Bonchev–Trinajstić information content (AvgIpc) is 2.73. The minimum absolute atomic E-state index is 0.00873. The molecule has 2 amide bonds. The predicted octanol–water partition coefficient (Wildman–Crippen LogP) is 4.98. The smallest absolute Gasteiger partial charge is 0.258 e. The number of carbonyl (C=O) groups is 2. The molecule has 0 saturated heterocycles. The number of nitrogens with zero attached hydrogens (tertiary/aromatic N) is 2. The van der Waals surface area contributed by atoms with Crippen molar-refractivity contribution in [3.63, 3.8) is 0 Å². The summed E-state index contributed by atoms with van der Waals surface area (Å²) in [5.74, 6) is 1.60. The van der Waals surface area contributed by atoms with E-state index in [1.165, 1.54) is 32.1 Å². The van der Waals surface area contributed by atoms with Crippen molar-refractivity contribution in [2.24, 2.45) is 5.92 Å². The largest absolute Gasteiger partial charge is 0.342 e. The molecule has 0 spiro atoms. The molecule has 0 radical (unpaired) electrons. The highest BCUT2D eigenvalue weighted by molar-refractivity contribution is 7.99. The molecule has 1 heterocycles. The van der Waals surface area contributed by atoms with Crippen LogP contribution >= 0.6 is 11.8 Å². The summed E-state index contributed by atoms with van der Waals surface area (Å²) < 4.78 is 0. The van der Waals surface area contributed by atoms with E-state index in [0.717, 1.165) is 27.9 Å². The number of nitrogens with one attached hydrogen (secondary N) is 1. The third-order valence-corrected chi connectivity index (χ3v) is 6.58. The first-order valence-electron chi connectivity index (χ1n) is 10.2. The first kappa shape index (κ1) is 21.4. The Morgan fingerprint density at radius 1 is 1.17 bits per heavy atom. The fraction of sp³-hybridized carbons (Fsp3) is 0.435. The van der Waals surface area contributed by atoms with Crippen LogP contribution < -0.4 is 5.32 Å². The van der Waals surface area contributed by atoms with E-state index in [0.29, 0.717) is 12.1 Å². The van der Waals surface area contributed by atoms with Gasteiger partial charge in [-0.2, -0.15) is 0 Å². The normalized spacial score (nSPS) is 14.4. The number of pyridine rings is 1. The maximum Gasteiger partial charge on any atom is 0.258 e. The first-order chi connectivity index (χ1) is 14.0. The Labute approximate surface area is 177 Å². The van der Waals surface area contributed by atoms with E-state index in [2.05, 4.69) is 10.3 Å². The van der Waals surface area contributed by atoms with Gasteiger partial charge in [0.25, 0.3) is 5.91 Å². The second kappa shape index (κ2) is 10.4. The number of aromatic nitrogens is 1. The molecule has 0 atom stereocenters. The highest BCUT2D eigenvalue weighted by Gasteiger charge is 2.17. The summed E-state index contributed by atoms with van der Waals surface area (Å²) in [6.07, 6.45) is 8.29. The standard InChI is InChI=1S/C23H29N3O2S/c1-17(27)26(2)15-19-10-6-11-20(14-19)25-22(28)21-12-7-13-24-23(21)29-16-18-8-4-3-5-9-18/h6-7,10-14,18H,3-5,8-9,15-16H2,1-2H3,(H,25,28). The van der Waals surface area contributed by atoms with Crippen LogP contribution in [0.5, 0.6) is 0 Å². The zero-order valence-electron chi connectivity index (χ0n) is 17.2. The number of thioether (sulfide) groups is 1. The Bertz CT molecular complexity index is 850. The topological polar surface area (TPSA) is 62.3 Å². The van der Waals surface area contributed by atoms with Gasteiger partial charge < -0.3 is 10.2 Å². The molecular weight excluding hydrogens is 382 g/mol. The zero-order chi connectivity index (χ0) is 20.6. The molecule has 5 nitrogen and oxygen atoms in total. The van der Waals surface area contributed by atoms with Gasteiger partial charge >= 0.3 is 0 Å². The van der Waals surface area contributed by atoms with Gasteiger partial charge in [-0.25, -0.2) is 4.98 Å². The van der Waals surface area contributed by atoms with Gasteiger partial charge in [0.15, 0.2) is 0 Å². The van der Waals surface area contributed by atoms with Gasteiger partial charge in [-0.05, 0) is 48.6 Å². The second-order valence-corrected chi connectivity index (χ2v) is 8.71. The summed E-state index contributed by atoms with van der Waals surface area (Å²) in [6.45, 7) is 2.05. The molecule has 1 aromatic carbocycles. The van der Waals surface area contributed by atoms with E-state index < -0.39 is 0 Å².